The first-order valence-corrected chi connectivity index (χ1v) is 9.92. The van der Waals surface area contributed by atoms with Gasteiger partial charge in [-0.15, -0.1) is 24.0 Å². The highest BCUT2D eigenvalue weighted by atomic mass is 127. The molecule has 7 nitrogen and oxygen atoms in total. The van der Waals surface area contributed by atoms with Crippen LogP contribution in [0, 0.1) is 5.82 Å². The summed E-state index contributed by atoms with van der Waals surface area (Å²) in [5.41, 5.74) is 7.11. The third kappa shape index (κ3) is 6.04. The second-order valence-electron chi connectivity index (χ2n) is 6.03. The third-order valence-electron chi connectivity index (χ3n) is 4.09. The molecule has 2 aromatic rings. The van der Waals surface area contributed by atoms with Crippen LogP contribution in [0.3, 0.4) is 0 Å². The molecule has 0 spiro atoms. The van der Waals surface area contributed by atoms with Gasteiger partial charge < -0.3 is 15.4 Å². The number of sulfonamides is 1. The van der Waals surface area contributed by atoms with Crippen LogP contribution in [0.15, 0.2) is 58.4 Å². The number of nitrogens with zero attached hydrogens (tertiary/aromatic N) is 2. The number of morpholine rings is 1. The minimum absolute atomic E-state index is 0. The molecule has 3 N–H and O–H groups in total. The maximum atomic E-state index is 12.9. The molecule has 10 heteroatoms. The summed E-state index contributed by atoms with van der Waals surface area (Å²) in [4.78, 5) is 6.42. The number of anilines is 1. The highest BCUT2D eigenvalue weighted by Gasteiger charge is 2.15. The van der Waals surface area contributed by atoms with Gasteiger partial charge in [-0.3, -0.25) is 4.72 Å². The van der Waals surface area contributed by atoms with Crippen LogP contribution in [0.1, 0.15) is 5.56 Å². The molecule has 0 saturated carbocycles. The van der Waals surface area contributed by atoms with E-state index in [2.05, 4.69) is 9.71 Å². The average molecular weight is 520 g/mol. The van der Waals surface area contributed by atoms with Gasteiger partial charge >= 0.3 is 0 Å². The van der Waals surface area contributed by atoms with Gasteiger partial charge in [0, 0.05) is 18.8 Å². The van der Waals surface area contributed by atoms with Gasteiger partial charge in [-0.05, 0) is 42.0 Å². The Balaban J connectivity index is 0.00000280. The van der Waals surface area contributed by atoms with Gasteiger partial charge in [-0.2, -0.15) is 0 Å². The van der Waals surface area contributed by atoms with E-state index in [0.717, 1.165) is 5.56 Å². The predicted molar refractivity (Wildman–Crippen MR) is 117 cm³/mol. The summed E-state index contributed by atoms with van der Waals surface area (Å²) in [5, 5.41) is 0. The van der Waals surface area contributed by atoms with Gasteiger partial charge in [0.15, 0.2) is 5.96 Å². The molecule has 0 radical (unpaired) electrons. The summed E-state index contributed by atoms with van der Waals surface area (Å²) < 4.78 is 45.4. The monoisotopic (exact) mass is 520 g/mol. The molecule has 0 atom stereocenters. The van der Waals surface area contributed by atoms with Crippen molar-refractivity contribution in [3.63, 3.8) is 0 Å². The molecule has 0 aliphatic carbocycles. The van der Waals surface area contributed by atoms with Gasteiger partial charge in [-0.25, -0.2) is 17.8 Å². The lowest BCUT2D eigenvalue weighted by molar-refractivity contribution is 0.0674. The fourth-order valence-corrected chi connectivity index (χ4v) is 3.63. The number of halogens is 2. The van der Waals surface area contributed by atoms with E-state index in [1.165, 1.54) is 36.4 Å². The zero-order chi connectivity index (χ0) is 19.3. The number of nitrogens with one attached hydrogen (secondary N) is 1. The molecule has 3 rings (SSSR count). The van der Waals surface area contributed by atoms with Gasteiger partial charge in [0.1, 0.15) is 5.82 Å². The molecule has 0 amide bonds. The Morgan fingerprint density at radius 2 is 1.71 bits per heavy atom. The molecule has 2 aromatic carbocycles. The van der Waals surface area contributed by atoms with Crippen molar-refractivity contribution >= 4 is 45.6 Å². The quantitative estimate of drug-likeness (QED) is 0.359. The molecule has 1 saturated heterocycles. The summed E-state index contributed by atoms with van der Waals surface area (Å²) in [6.07, 6.45) is 0. The second kappa shape index (κ2) is 10.0. The van der Waals surface area contributed by atoms with Gasteiger partial charge in [0.05, 0.1) is 24.7 Å². The van der Waals surface area contributed by atoms with E-state index in [-0.39, 0.29) is 28.9 Å². The van der Waals surface area contributed by atoms with Crippen LogP contribution in [-0.4, -0.2) is 45.6 Å². The molecule has 152 valence electrons. The fourth-order valence-electron chi connectivity index (χ4n) is 2.57. The molecule has 0 bridgehead atoms. The van der Waals surface area contributed by atoms with Crippen molar-refractivity contribution in [3.8, 4) is 0 Å². The molecule has 1 aliphatic heterocycles. The smallest absolute Gasteiger partial charge is 0.261 e. The zero-order valence-electron chi connectivity index (χ0n) is 15.0. The third-order valence-corrected chi connectivity index (χ3v) is 5.49. The van der Waals surface area contributed by atoms with E-state index in [9.17, 15) is 12.8 Å². The first-order valence-electron chi connectivity index (χ1n) is 8.44. The van der Waals surface area contributed by atoms with Crippen LogP contribution in [0.5, 0.6) is 0 Å². The van der Waals surface area contributed by atoms with Crippen molar-refractivity contribution in [2.24, 2.45) is 10.7 Å². The summed E-state index contributed by atoms with van der Waals surface area (Å²) in [7, 11) is -3.75. The van der Waals surface area contributed by atoms with Gasteiger partial charge in [0.25, 0.3) is 10.0 Å². The number of ether oxygens (including phenoxy) is 1. The van der Waals surface area contributed by atoms with Crippen molar-refractivity contribution in [2.75, 3.05) is 31.0 Å². The molecular weight excluding hydrogens is 498 g/mol. The Labute approximate surface area is 180 Å². The molecule has 1 fully saturated rings. The van der Waals surface area contributed by atoms with Crippen LogP contribution >= 0.6 is 24.0 Å². The Kier molecular flexibility index (Phi) is 8.01. The summed E-state index contributed by atoms with van der Waals surface area (Å²) in [6, 6.07) is 11.5. The lowest BCUT2D eigenvalue weighted by Gasteiger charge is -2.27. The Morgan fingerprint density at radius 3 is 2.32 bits per heavy atom. The van der Waals surface area contributed by atoms with E-state index in [1.54, 1.807) is 12.1 Å². The second-order valence-corrected chi connectivity index (χ2v) is 7.71. The zero-order valence-corrected chi connectivity index (χ0v) is 18.2. The van der Waals surface area contributed by atoms with E-state index in [4.69, 9.17) is 10.5 Å². The summed E-state index contributed by atoms with van der Waals surface area (Å²) in [5.74, 6) is 0.0205. The maximum absolute atomic E-state index is 12.9. The van der Waals surface area contributed by atoms with Crippen LogP contribution in [-0.2, 0) is 21.3 Å². The number of hydrogen-bond donors (Lipinski definition) is 2. The lowest BCUT2D eigenvalue weighted by atomic mass is 10.2. The van der Waals surface area contributed by atoms with Gasteiger partial charge in [-0.1, -0.05) is 12.1 Å². The first-order chi connectivity index (χ1) is 12.9. The van der Waals surface area contributed by atoms with Crippen LogP contribution < -0.4 is 10.5 Å². The molecule has 0 unspecified atom stereocenters. The van der Waals surface area contributed by atoms with Gasteiger partial charge in [0.2, 0.25) is 0 Å². The van der Waals surface area contributed by atoms with E-state index < -0.39 is 15.8 Å². The van der Waals surface area contributed by atoms with Crippen LogP contribution in [0.25, 0.3) is 0 Å². The van der Waals surface area contributed by atoms with Crippen molar-refractivity contribution in [2.45, 2.75) is 11.4 Å². The summed E-state index contributed by atoms with van der Waals surface area (Å²) in [6.45, 7) is 3.03. The number of nitrogens with two attached hydrogens (primary N) is 1. The average Bonchev–Trinajstić information content (AvgIpc) is 2.69. The Hall–Kier alpha value is -1.92. The SMILES string of the molecule is I.NC(=NCc1ccc(S(=O)(=O)Nc2ccc(F)cc2)cc1)N1CCOCC1. The maximum Gasteiger partial charge on any atom is 0.261 e. The number of rotatable bonds is 5. The van der Waals surface area contributed by atoms with Crippen LogP contribution in [0.4, 0.5) is 10.1 Å². The highest BCUT2D eigenvalue weighted by Crippen LogP contribution is 2.17. The number of aliphatic imine (C=N–C) groups is 1. The van der Waals surface area contributed by atoms with E-state index in [1.807, 2.05) is 4.90 Å². The molecule has 1 aliphatic rings. The minimum atomic E-state index is -3.75. The van der Waals surface area contributed by atoms with E-state index in [0.29, 0.717) is 44.5 Å². The fraction of sp³-hybridized carbons (Fsp3) is 0.278. The lowest BCUT2D eigenvalue weighted by Crippen LogP contribution is -2.44. The molecule has 1 heterocycles. The van der Waals surface area contributed by atoms with Crippen LogP contribution in [0.2, 0.25) is 0 Å². The molecule has 28 heavy (non-hydrogen) atoms. The standard InChI is InChI=1S/C18H21FN4O3S.HI/c19-15-3-5-16(6-4-15)22-27(24,25)17-7-1-14(2-8-17)13-21-18(20)23-9-11-26-12-10-23;/h1-8,22H,9-13H2,(H2,20,21);1H. The topological polar surface area (TPSA) is 97.0 Å². The highest BCUT2D eigenvalue weighted by molar-refractivity contribution is 14.0. The molecular formula is C18H22FIN4O3S. The first kappa shape index (κ1) is 22.4. The largest absolute Gasteiger partial charge is 0.378 e. The minimum Gasteiger partial charge on any atom is -0.378 e. The van der Waals surface area contributed by atoms with Crippen molar-refractivity contribution in [1.29, 1.82) is 0 Å². The summed E-state index contributed by atoms with van der Waals surface area (Å²) >= 11 is 0. The van der Waals surface area contributed by atoms with Crippen molar-refractivity contribution in [3.05, 3.63) is 59.9 Å². The Morgan fingerprint density at radius 1 is 1.11 bits per heavy atom. The van der Waals surface area contributed by atoms with Crippen molar-refractivity contribution in [1.82, 2.24) is 4.90 Å². The normalized spacial score (nSPS) is 15.0. The number of benzene rings is 2. The molecule has 0 aromatic heterocycles. The van der Waals surface area contributed by atoms with Crippen molar-refractivity contribution < 1.29 is 17.5 Å². The Bertz CT molecular complexity index is 899. The predicted octanol–water partition coefficient (Wildman–Crippen LogP) is 2.39. The number of guanidine groups is 1. The number of hydrogen-bond acceptors (Lipinski definition) is 4. The van der Waals surface area contributed by atoms with E-state index >= 15 is 0 Å².